The molecule has 0 fully saturated rings. The van der Waals surface area contributed by atoms with E-state index < -0.39 is 6.09 Å². The predicted molar refractivity (Wildman–Crippen MR) is 145 cm³/mol. The molecule has 0 aromatic carbocycles. The van der Waals surface area contributed by atoms with Crippen LogP contribution < -0.4 is 5.32 Å². The summed E-state index contributed by atoms with van der Waals surface area (Å²) in [5.74, 6) is 0.387. The predicted octanol–water partition coefficient (Wildman–Crippen LogP) is 6.27. The lowest BCUT2D eigenvalue weighted by Crippen LogP contribution is -2.23. The van der Waals surface area contributed by atoms with Gasteiger partial charge in [0.1, 0.15) is 18.1 Å². The van der Waals surface area contributed by atoms with Crippen molar-refractivity contribution in [3.63, 3.8) is 0 Å². The van der Waals surface area contributed by atoms with Gasteiger partial charge in [-0.15, -0.1) is 23.5 Å². The molecule has 0 atom stereocenters. The Kier molecular flexibility index (Phi) is 12.7. The van der Waals surface area contributed by atoms with Crippen LogP contribution in [-0.2, 0) is 16.2 Å². The zero-order chi connectivity index (χ0) is 25.6. The first kappa shape index (κ1) is 28.7. The maximum absolute atomic E-state index is 12.3. The molecule has 2 rings (SSSR count). The van der Waals surface area contributed by atoms with E-state index in [4.69, 9.17) is 15.1 Å². The molecule has 1 aromatic rings. The molecular weight excluding hydrogens is 484 g/mol. The number of hydrogen-bond acceptors (Lipinski definition) is 9. The lowest BCUT2D eigenvalue weighted by Gasteiger charge is -2.20. The Labute approximate surface area is 216 Å². The van der Waals surface area contributed by atoms with E-state index in [-0.39, 0.29) is 11.2 Å². The van der Waals surface area contributed by atoms with Crippen LogP contribution in [0.25, 0.3) is 0 Å². The molecule has 1 heterocycles. The minimum absolute atomic E-state index is 0.136. The lowest BCUT2D eigenvalue weighted by atomic mass is 10.0. The topological polar surface area (TPSA) is 112 Å². The number of rotatable bonds is 14. The van der Waals surface area contributed by atoms with Crippen LogP contribution in [0.5, 0.6) is 0 Å². The highest BCUT2D eigenvalue weighted by Crippen LogP contribution is 2.30. The van der Waals surface area contributed by atoms with E-state index >= 15 is 0 Å². The van der Waals surface area contributed by atoms with Crippen LogP contribution in [0.2, 0.25) is 0 Å². The van der Waals surface area contributed by atoms with Crippen LogP contribution in [0.3, 0.4) is 0 Å². The fraction of sp³-hybridized carbons (Fsp3) is 0.542. The highest BCUT2D eigenvalue weighted by molar-refractivity contribution is 8.17. The Morgan fingerprint density at radius 1 is 1.26 bits per heavy atom. The van der Waals surface area contributed by atoms with Gasteiger partial charge in [-0.05, 0) is 30.5 Å². The van der Waals surface area contributed by atoms with Crippen LogP contribution in [-0.4, -0.2) is 57.1 Å². The highest BCUT2D eigenvalue weighted by atomic mass is 32.2. The molecule has 0 bridgehead atoms. The Morgan fingerprint density at radius 2 is 2.00 bits per heavy atom. The molecule has 0 saturated heterocycles. The second-order valence-electron chi connectivity index (χ2n) is 8.42. The van der Waals surface area contributed by atoms with Crippen molar-refractivity contribution in [2.24, 2.45) is 10.4 Å². The van der Waals surface area contributed by atoms with E-state index in [1.807, 2.05) is 12.2 Å². The molecular formula is C24H36N6O3S2. The Balaban J connectivity index is 1.93. The number of pyridine rings is 1. The Hall–Kier alpha value is -2.53. The molecule has 0 saturated carbocycles. The van der Waals surface area contributed by atoms with Crippen LogP contribution in [0.15, 0.2) is 52.4 Å². The Bertz CT molecular complexity index is 910. The molecule has 9 nitrogen and oxygen atoms in total. The average molecular weight is 521 g/mol. The van der Waals surface area contributed by atoms with Gasteiger partial charge < -0.3 is 9.57 Å². The smallest absolute Gasteiger partial charge is 0.412 e. The van der Waals surface area contributed by atoms with Crippen molar-refractivity contribution < 1.29 is 14.4 Å². The highest BCUT2D eigenvalue weighted by Gasteiger charge is 2.17. The minimum Gasteiger partial charge on any atom is -0.447 e. The standard InChI is InChI=1S/C24H36N6O3S2/c1-17(2)34-23(35-18(3)4)16-32-24(31)27-22-13-9-12-20(26-22)15-33-28-21(14-30(5)29-25)19-10-7-6-8-11-19/h6-7,9-10,12-13,17-18,23,25H,8,11,14-16H2,1-5H3,(H,26,27,31)/b28-21+,29-25?. The van der Waals surface area contributed by atoms with Gasteiger partial charge in [-0.3, -0.25) is 10.3 Å². The van der Waals surface area contributed by atoms with E-state index in [9.17, 15) is 4.79 Å². The maximum atomic E-state index is 12.3. The zero-order valence-electron chi connectivity index (χ0n) is 21.1. The van der Waals surface area contributed by atoms with Crippen molar-refractivity contribution in [2.75, 3.05) is 25.5 Å². The molecule has 11 heteroatoms. The first-order valence-corrected chi connectivity index (χ1v) is 13.5. The monoisotopic (exact) mass is 520 g/mol. The second-order valence-corrected chi connectivity index (χ2v) is 12.3. The molecule has 1 amide bonds. The number of aromatic nitrogens is 1. The van der Waals surface area contributed by atoms with Gasteiger partial charge >= 0.3 is 6.09 Å². The SMILES string of the molecule is CC(C)SC(COC(=O)Nc1cccc(CO/N=C(\CN(C)N=N)C2=CC=CCC2)n1)SC(C)C. The zero-order valence-corrected chi connectivity index (χ0v) is 22.7. The van der Waals surface area contributed by atoms with Crippen LogP contribution in [0.4, 0.5) is 10.6 Å². The summed E-state index contributed by atoms with van der Waals surface area (Å²) in [4.78, 5) is 22.3. The van der Waals surface area contributed by atoms with Crippen molar-refractivity contribution in [2.45, 2.75) is 62.2 Å². The van der Waals surface area contributed by atoms with Gasteiger partial charge in [0.2, 0.25) is 0 Å². The van der Waals surface area contributed by atoms with Gasteiger partial charge in [-0.25, -0.2) is 9.78 Å². The fourth-order valence-electron chi connectivity index (χ4n) is 3.09. The largest absolute Gasteiger partial charge is 0.447 e. The third-order valence-electron chi connectivity index (χ3n) is 4.56. The van der Waals surface area contributed by atoms with E-state index in [1.165, 1.54) is 5.01 Å². The van der Waals surface area contributed by atoms with Crippen LogP contribution >= 0.6 is 23.5 Å². The lowest BCUT2D eigenvalue weighted by molar-refractivity contribution is 0.126. The molecule has 35 heavy (non-hydrogen) atoms. The molecule has 1 aliphatic rings. The third-order valence-corrected chi connectivity index (χ3v) is 7.19. The number of ether oxygens (including phenoxy) is 1. The summed E-state index contributed by atoms with van der Waals surface area (Å²) in [6.45, 7) is 9.36. The average Bonchev–Trinajstić information content (AvgIpc) is 2.82. The number of amides is 1. The fourth-order valence-corrected chi connectivity index (χ4v) is 6.19. The molecule has 0 radical (unpaired) electrons. The van der Waals surface area contributed by atoms with Crippen molar-refractivity contribution in [3.05, 3.63) is 47.7 Å². The maximum Gasteiger partial charge on any atom is 0.412 e. The van der Waals surface area contributed by atoms with Crippen molar-refractivity contribution >= 4 is 41.1 Å². The number of nitrogens with one attached hydrogen (secondary N) is 2. The van der Waals surface area contributed by atoms with Gasteiger partial charge in [0.15, 0.2) is 6.61 Å². The molecule has 2 N–H and O–H groups in total. The van der Waals surface area contributed by atoms with Gasteiger partial charge in [0, 0.05) is 17.5 Å². The molecule has 192 valence electrons. The third kappa shape index (κ3) is 11.6. The first-order valence-electron chi connectivity index (χ1n) is 11.6. The number of hydrogen-bond donors (Lipinski definition) is 2. The van der Waals surface area contributed by atoms with Crippen molar-refractivity contribution in [1.82, 2.24) is 9.99 Å². The number of nitrogens with zero attached hydrogens (tertiary/aromatic N) is 4. The minimum atomic E-state index is -0.533. The van der Waals surface area contributed by atoms with Gasteiger partial charge in [-0.2, -0.15) is 5.53 Å². The second kappa shape index (κ2) is 15.5. The first-order chi connectivity index (χ1) is 16.8. The molecule has 1 aromatic heterocycles. The van der Waals surface area contributed by atoms with E-state index in [0.29, 0.717) is 35.2 Å². The van der Waals surface area contributed by atoms with Crippen molar-refractivity contribution in [1.29, 1.82) is 5.53 Å². The summed E-state index contributed by atoms with van der Waals surface area (Å²) in [7, 11) is 1.71. The summed E-state index contributed by atoms with van der Waals surface area (Å²) >= 11 is 3.58. The van der Waals surface area contributed by atoms with Crippen molar-refractivity contribution in [3.8, 4) is 0 Å². The number of oxime groups is 1. The quantitative estimate of drug-likeness (QED) is 0.129. The van der Waals surface area contributed by atoms with Crippen LogP contribution in [0, 0.1) is 5.53 Å². The van der Waals surface area contributed by atoms with E-state index in [0.717, 1.165) is 24.1 Å². The van der Waals surface area contributed by atoms with E-state index in [1.54, 1.807) is 48.8 Å². The molecule has 1 aliphatic carbocycles. The van der Waals surface area contributed by atoms with Gasteiger partial charge in [0.25, 0.3) is 0 Å². The number of carbonyl (C=O) groups excluding carboxylic acids is 1. The summed E-state index contributed by atoms with van der Waals surface area (Å²) in [5, 5.41) is 12.8. The van der Waals surface area contributed by atoms with Gasteiger partial charge in [-0.1, -0.05) is 62.4 Å². The number of allylic oxidation sites excluding steroid dienone is 3. The summed E-state index contributed by atoms with van der Waals surface area (Å²) in [6.07, 6.45) is 7.35. The number of thioether (sulfide) groups is 2. The summed E-state index contributed by atoms with van der Waals surface area (Å²) in [5.41, 5.74) is 9.58. The number of anilines is 1. The summed E-state index contributed by atoms with van der Waals surface area (Å²) in [6, 6.07) is 5.29. The van der Waals surface area contributed by atoms with Crippen LogP contribution in [0.1, 0.15) is 46.2 Å². The van der Waals surface area contributed by atoms with Gasteiger partial charge in [0.05, 0.1) is 16.8 Å². The van der Waals surface area contributed by atoms with E-state index in [2.05, 4.69) is 54.5 Å². The molecule has 0 spiro atoms. The molecule has 0 aliphatic heterocycles. The summed E-state index contributed by atoms with van der Waals surface area (Å²) < 4.78 is 5.63. The number of carbonyl (C=O) groups is 1. The normalized spacial score (nSPS) is 13.7. The Morgan fingerprint density at radius 3 is 2.63 bits per heavy atom. The molecule has 0 unspecified atom stereocenters.